The zero-order valence-electron chi connectivity index (χ0n) is 8.43. The van der Waals surface area contributed by atoms with Crippen LogP contribution in [0.3, 0.4) is 0 Å². The summed E-state index contributed by atoms with van der Waals surface area (Å²) in [5.74, 6) is -3.53. The highest BCUT2D eigenvalue weighted by molar-refractivity contribution is 5.10. The first-order valence-electron chi connectivity index (χ1n) is 5.28. The van der Waals surface area contributed by atoms with Crippen LogP contribution in [0.4, 0.5) is 8.78 Å². The van der Waals surface area contributed by atoms with E-state index in [4.69, 9.17) is 4.74 Å². The van der Waals surface area contributed by atoms with E-state index in [9.17, 15) is 8.78 Å². The van der Waals surface area contributed by atoms with Crippen LogP contribution in [0.25, 0.3) is 0 Å². The average Bonchev–Trinajstić information content (AvgIpc) is 2.71. The summed E-state index contributed by atoms with van der Waals surface area (Å²) in [7, 11) is 1.49. The zero-order valence-corrected chi connectivity index (χ0v) is 8.43. The van der Waals surface area contributed by atoms with Gasteiger partial charge in [-0.2, -0.15) is 0 Å². The van der Waals surface area contributed by atoms with Crippen molar-refractivity contribution in [1.29, 1.82) is 0 Å². The maximum atomic E-state index is 13.3. The van der Waals surface area contributed by atoms with Crippen LogP contribution in [0.2, 0.25) is 0 Å². The van der Waals surface area contributed by atoms with Gasteiger partial charge in [0.15, 0.2) is 0 Å². The van der Waals surface area contributed by atoms with Gasteiger partial charge in [-0.15, -0.1) is 0 Å². The van der Waals surface area contributed by atoms with Crippen LogP contribution >= 0.6 is 0 Å². The molecule has 14 heavy (non-hydrogen) atoms. The van der Waals surface area contributed by atoms with Crippen LogP contribution in [0.15, 0.2) is 0 Å². The number of nitrogens with one attached hydrogen (secondary N) is 1. The van der Waals surface area contributed by atoms with Crippen molar-refractivity contribution >= 4 is 0 Å². The fraction of sp³-hybridized carbons (Fsp3) is 1.00. The SMILES string of the molecule is COCC1C(C2CCCCN2)C1(F)F. The highest BCUT2D eigenvalue weighted by Crippen LogP contribution is 2.57. The summed E-state index contributed by atoms with van der Waals surface area (Å²) in [6.45, 7) is 1.08. The first kappa shape index (κ1) is 10.3. The summed E-state index contributed by atoms with van der Waals surface area (Å²) in [5.41, 5.74) is 0. The largest absolute Gasteiger partial charge is 0.384 e. The number of methoxy groups -OCH3 is 1. The van der Waals surface area contributed by atoms with Gasteiger partial charge in [0.1, 0.15) is 0 Å². The van der Waals surface area contributed by atoms with Crippen molar-refractivity contribution in [2.75, 3.05) is 20.3 Å². The smallest absolute Gasteiger partial charge is 0.258 e. The minimum absolute atomic E-state index is 0.0129. The zero-order chi connectivity index (χ0) is 10.2. The molecule has 1 saturated heterocycles. The fourth-order valence-electron chi connectivity index (χ4n) is 2.54. The predicted octanol–water partition coefficient (Wildman–Crippen LogP) is 1.66. The predicted molar refractivity (Wildman–Crippen MR) is 49.4 cm³/mol. The molecular weight excluding hydrogens is 188 g/mol. The first-order valence-corrected chi connectivity index (χ1v) is 5.28. The number of halogens is 2. The molecule has 1 heterocycles. The molecule has 0 radical (unpaired) electrons. The molecule has 2 nitrogen and oxygen atoms in total. The molecule has 82 valence electrons. The molecular formula is C10H17F2NO. The third kappa shape index (κ3) is 1.65. The Morgan fingerprint density at radius 3 is 2.79 bits per heavy atom. The molecule has 4 heteroatoms. The number of hydrogen-bond donors (Lipinski definition) is 1. The van der Waals surface area contributed by atoms with Crippen molar-refractivity contribution in [3.63, 3.8) is 0 Å². The van der Waals surface area contributed by atoms with E-state index in [-0.39, 0.29) is 12.6 Å². The van der Waals surface area contributed by atoms with Crippen LogP contribution in [0.1, 0.15) is 19.3 Å². The van der Waals surface area contributed by atoms with Crippen molar-refractivity contribution in [2.45, 2.75) is 31.2 Å². The molecule has 3 atom stereocenters. The second-order valence-electron chi connectivity index (χ2n) is 4.32. The molecule has 0 aromatic carbocycles. The number of alkyl halides is 2. The maximum Gasteiger partial charge on any atom is 0.258 e. The molecule has 0 spiro atoms. The normalized spacial score (nSPS) is 40.9. The van der Waals surface area contributed by atoms with E-state index in [1.165, 1.54) is 7.11 Å². The average molecular weight is 205 g/mol. The van der Waals surface area contributed by atoms with Gasteiger partial charge in [-0.25, -0.2) is 8.78 Å². The third-order valence-corrected chi connectivity index (χ3v) is 3.39. The maximum absolute atomic E-state index is 13.3. The first-order chi connectivity index (χ1) is 6.68. The summed E-state index contributed by atoms with van der Waals surface area (Å²) < 4.78 is 31.4. The van der Waals surface area contributed by atoms with E-state index in [1.54, 1.807) is 0 Å². The topological polar surface area (TPSA) is 21.3 Å². The number of hydrogen-bond acceptors (Lipinski definition) is 2. The lowest BCUT2D eigenvalue weighted by Crippen LogP contribution is -2.37. The Balaban J connectivity index is 1.91. The molecule has 0 amide bonds. The third-order valence-electron chi connectivity index (χ3n) is 3.39. The lowest BCUT2D eigenvalue weighted by Gasteiger charge is -2.23. The summed E-state index contributed by atoms with van der Waals surface area (Å²) in [6, 6.07) is 0.0129. The quantitative estimate of drug-likeness (QED) is 0.756. The minimum atomic E-state index is -2.50. The lowest BCUT2D eigenvalue weighted by atomic mass is 9.99. The van der Waals surface area contributed by atoms with E-state index >= 15 is 0 Å². The van der Waals surface area contributed by atoms with Crippen LogP contribution in [0.5, 0.6) is 0 Å². The number of rotatable bonds is 3. The van der Waals surface area contributed by atoms with Crippen molar-refractivity contribution < 1.29 is 13.5 Å². The van der Waals surface area contributed by atoms with Crippen molar-refractivity contribution in [2.24, 2.45) is 11.8 Å². The summed E-state index contributed by atoms with van der Waals surface area (Å²) in [4.78, 5) is 0. The van der Waals surface area contributed by atoms with Gasteiger partial charge in [0, 0.05) is 19.1 Å². The highest BCUT2D eigenvalue weighted by atomic mass is 19.3. The van der Waals surface area contributed by atoms with Crippen molar-refractivity contribution in [3.05, 3.63) is 0 Å². The molecule has 2 fully saturated rings. The second-order valence-corrected chi connectivity index (χ2v) is 4.32. The van der Waals surface area contributed by atoms with Gasteiger partial charge < -0.3 is 10.1 Å². The Bertz CT molecular complexity index is 204. The van der Waals surface area contributed by atoms with Gasteiger partial charge in [-0.3, -0.25) is 0 Å². The molecule has 0 bridgehead atoms. The van der Waals surface area contributed by atoms with Crippen LogP contribution in [-0.2, 0) is 4.74 Å². The van der Waals surface area contributed by atoms with E-state index in [1.807, 2.05) is 0 Å². The Kier molecular flexibility index (Phi) is 2.75. The number of ether oxygens (including phenoxy) is 1. The molecule has 0 aromatic rings. The Labute approximate surface area is 83.0 Å². The van der Waals surface area contributed by atoms with Gasteiger partial charge in [-0.1, -0.05) is 6.42 Å². The molecule has 1 aliphatic carbocycles. The monoisotopic (exact) mass is 205 g/mol. The molecule has 2 aliphatic rings. The van der Waals surface area contributed by atoms with E-state index in [0.717, 1.165) is 25.8 Å². The Hall–Kier alpha value is -0.220. The summed E-state index contributed by atoms with van der Waals surface area (Å²) >= 11 is 0. The molecule has 1 N–H and O–H groups in total. The fourth-order valence-corrected chi connectivity index (χ4v) is 2.54. The Morgan fingerprint density at radius 2 is 2.21 bits per heavy atom. The second kappa shape index (κ2) is 3.74. The molecule has 1 saturated carbocycles. The van der Waals surface area contributed by atoms with Crippen LogP contribution in [0, 0.1) is 11.8 Å². The summed E-state index contributed by atoms with van der Waals surface area (Å²) in [6.07, 6.45) is 3.08. The van der Waals surface area contributed by atoms with Crippen molar-refractivity contribution in [3.8, 4) is 0 Å². The molecule has 2 rings (SSSR count). The summed E-state index contributed by atoms with van der Waals surface area (Å²) in [5, 5.41) is 3.19. The van der Waals surface area contributed by atoms with Crippen LogP contribution < -0.4 is 5.32 Å². The van der Waals surface area contributed by atoms with E-state index in [2.05, 4.69) is 5.32 Å². The highest BCUT2D eigenvalue weighted by Gasteiger charge is 2.70. The van der Waals surface area contributed by atoms with Crippen LogP contribution in [-0.4, -0.2) is 32.2 Å². The minimum Gasteiger partial charge on any atom is -0.384 e. The van der Waals surface area contributed by atoms with Gasteiger partial charge >= 0.3 is 0 Å². The van der Waals surface area contributed by atoms with Gasteiger partial charge in [0.05, 0.1) is 12.5 Å². The van der Waals surface area contributed by atoms with Gasteiger partial charge in [-0.05, 0) is 19.4 Å². The number of piperidine rings is 1. The molecule has 3 unspecified atom stereocenters. The van der Waals surface area contributed by atoms with E-state index in [0.29, 0.717) is 0 Å². The Morgan fingerprint density at radius 1 is 1.43 bits per heavy atom. The van der Waals surface area contributed by atoms with E-state index < -0.39 is 17.8 Å². The van der Waals surface area contributed by atoms with Crippen molar-refractivity contribution in [1.82, 2.24) is 5.32 Å². The standard InChI is InChI=1S/C10H17F2NO/c1-14-6-7-9(10(7,11)12)8-4-2-3-5-13-8/h7-9,13H,2-6H2,1H3. The lowest BCUT2D eigenvalue weighted by molar-refractivity contribution is 0.0591. The molecule has 0 aromatic heterocycles. The van der Waals surface area contributed by atoms with Gasteiger partial charge in [0.25, 0.3) is 5.92 Å². The van der Waals surface area contributed by atoms with Gasteiger partial charge in [0.2, 0.25) is 0 Å². The molecule has 1 aliphatic heterocycles.